The van der Waals surface area contributed by atoms with Gasteiger partial charge in [-0.05, 0) is 91.3 Å². The Balaban J connectivity index is 1.77. The van der Waals surface area contributed by atoms with Crippen LogP contribution < -0.4 is 4.90 Å². The minimum absolute atomic E-state index is 0.288. The fourth-order valence-electron chi connectivity index (χ4n) is 4.17. The smallest absolute Gasteiger partial charge is 0.435 e. The Hall–Kier alpha value is -5.06. The number of rotatable bonds is 6. The van der Waals surface area contributed by atoms with E-state index in [1.807, 2.05) is 24.3 Å². The van der Waals surface area contributed by atoms with E-state index in [1.165, 1.54) is 21.9 Å². The third kappa shape index (κ3) is 7.85. The molecule has 2 aromatic heterocycles. The molecule has 0 saturated heterocycles. The molecule has 0 unspecified atom stereocenters. The van der Waals surface area contributed by atoms with Crippen molar-refractivity contribution in [3.63, 3.8) is 0 Å². The molecule has 0 aliphatic heterocycles. The number of aryl methyl sites for hydroxylation is 1. The number of carbonyl (C=O) groups is 3. The Labute approximate surface area is 256 Å². The van der Waals surface area contributed by atoms with Crippen molar-refractivity contribution in [2.45, 2.75) is 66.6 Å². The number of hydrogen-bond acceptors (Lipinski definition) is 9. The minimum Gasteiger partial charge on any atom is -0.463 e. The van der Waals surface area contributed by atoms with Crippen molar-refractivity contribution in [1.82, 2.24) is 19.7 Å². The van der Waals surface area contributed by atoms with Crippen LogP contribution in [0.25, 0.3) is 28.4 Å². The van der Waals surface area contributed by atoms with Gasteiger partial charge < -0.3 is 14.2 Å². The van der Waals surface area contributed by atoms with Crippen LogP contribution in [0.3, 0.4) is 0 Å². The molecule has 11 nitrogen and oxygen atoms in total. The van der Waals surface area contributed by atoms with Gasteiger partial charge in [-0.2, -0.15) is 9.78 Å². The second-order valence-corrected chi connectivity index (χ2v) is 12.0. The molecule has 2 heterocycles. The molecule has 11 heteroatoms. The highest BCUT2D eigenvalue weighted by atomic mass is 16.6. The average molecular weight is 600 g/mol. The van der Waals surface area contributed by atoms with Gasteiger partial charge in [-0.3, -0.25) is 0 Å². The predicted molar refractivity (Wildman–Crippen MR) is 168 cm³/mol. The number of fused-ring (bicyclic) bond motifs is 1. The average Bonchev–Trinajstić information content (AvgIpc) is 3.35. The van der Waals surface area contributed by atoms with E-state index in [2.05, 4.69) is 10.1 Å². The van der Waals surface area contributed by atoms with Crippen LogP contribution in [0.5, 0.6) is 0 Å². The van der Waals surface area contributed by atoms with Crippen LogP contribution in [-0.4, -0.2) is 55.7 Å². The summed E-state index contributed by atoms with van der Waals surface area (Å²) in [6.45, 7) is 14.5. The predicted octanol–water partition coefficient (Wildman–Crippen LogP) is 7.23. The third-order valence-corrected chi connectivity index (χ3v) is 5.95. The maximum atomic E-state index is 13.7. The highest BCUT2D eigenvalue weighted by Crippen LogP contribution is 2.33. The molecule has 4 aromatic rings. The zero-order valence-electron chi connectivity index (χ0n) is 26.2. The molecule has 0 atom stereocenters. The number of amides is 1. The van der Waals surface area contributed by atoms with E-state index >= 15 is 0 Å². The lowest BCUT2D eigenvalue weighted by Gasteiger charge is -2.28. The molecule has 0 spiro atoms. The zero-order valence-corrected chi connectivity index (χ0v) is 26.2. The molecule has 0 radical (unpaired) electrons. The summed E-state index contributed by atoms with van der Waals surface area (Å²) in [7, 11) is 0. The molecule has 44 heavy (non-hydrogen) atoms. The number of benzene rings is 2. The van der Waals surface area contributed by atoms with Crippen molar-refractivity contribution in [2.24, 2.45) is 0 Å². The van der Waals surface area contributed by atoms with Gasteiger partial charge in [0.2, 0.25) is 0 Å². The van der Waals surface area contributed by atoms with E-state index in [0.717, 1.165) is 5.56 Å². The Kier molecular flexibility index (Phi) is 9.17. The molecular formula is C33H37N5O6. The number of hydrogen-bond donors (Lipinski definition) is 0. The first-order valence-electron chi connectivity index (χ1n) is 14.2. The Morgan fingerprint density at radius 1 is 0.955 bits per heavy atom. The molecule has 1 amide bonds. The van der Waals surface area contributed by atoms with Crippen molar-refractivity contribution in [3.8, 4) is 11.4 Å². The second kappa shape index (κ2) is 12.7. The Bertz CT molecular complexity index is 1730. The fraction of sp³-hybridized carbons (Fsp3) is 0.333. The lowest BCUT2D eigenvalue weighted by molar-refractivity contribution is -0.137. The summed E-state index contributed by atoms with van der Waals surface area (Å²) in [6, 6.07) is 12.4. The van der Waals surface area contributed by atoms with Gasteiger partial charge in [0.15, 0.2) is 5.82 Å². The van der Waals surface area contributed by atoms with E-state index in [1.54, 1.807) is 85.9 Å². The van der Waals surface area contributed by atoms with Crippen LogP contribution in [0.15, 0.2) is 60.9 Å². The van der Waals surface area contributed by atoms with Crippen LogP contribution in [0.2, 0.25) is 0 Å². The molecule has 0 aliphatic rings. The van der Waals surface area contributed by atoms with Crippen LogP contribution in [-0.2, 0) is 19.0 Å². The number of ether oxygens (including phenoxy) is 3. The van der Waals surface area contributed by atoms with Gasteiger partial charge in [0, 0.05) is 28.8 Å². The lowest BCUT2D eigenvalue weighted by Crippen LogP contribution is -2.34. The van der Waals surface area contributed by atoms with Crippen molar-refractivity contribution in [1.29, 1.82) is 0 Å². The van der Waals surface area contributed by atoms with Crippen LogP contribution in [0, 0.1) is 6.92 Å². The van der Waals surface area contributed by atoms with Crippen LogP contribution >= 0.6 is 0 Å². The molecule has 0 bridgehead atoms. The van der Waals surface area contributed by atoms with E-state index in [9.17, 15) is 14.4 Å². The molecular weight excluding hydrogens is 562 g/mol. The maximum Gasteiger partial charge on any atom is 0.435 e. The highest BCUT2D eigenvalue weighted by Gasteiger charge is 2.29. The van der Waals surface area contributed by atoms with Crippen molar-refractivity contribution in [2.75, 3.05) is 11.5 Å². The van der Waals surface area contributed by atoms with Gasteiger partial charge in [-0.25, -0.2) is 29.3 Å². The first-order chi connectivity index (χ1) is 20.6. The van der Waals surface area contributed by atoms with Crippen LogP contribution in [0.4, 0.5) is 21.1 Å². The van der Waals surface area contributed by atoms with E-state index in [0.29, 0.717) is 39.4 Å². The van der Waals surface area contributed by atoms with Gasteiger partial charge in [0.1, 0.15) is 17.0 Å². The zero-order chi connectivity index (χ0) is 32.2. The quantitative estimate of drug-likeness (QED) is 0.128. The van der Waals surface area contributed by atoms with Gasteiger partial charge in [-0.15, -0.1) is 0 Å². The maximum absolute atomic E-state index is 13.7. The van der Waals surface area contributed by atoms with E-state index in [-0.39, 0.29) is 6.61 Å². The SMILES string of the molecule is CCOC(=O)/C=C/c1cccc(-c2ncc(C)c(N(C(=O)OC(C)(C)C)c3ccc4c(cnn4C(=O)OC(C)(C)C)c3)n2)c1. The highest BCUT2D eigenvalue weighted by molar-refractivity contribution is 5.99. The first kappa shape index (κ1) is 31.9. The summed E-state index contributed by atoms with van der Waals surface area (Å²) in [5.41, 5.74) is 1.54. The van der Waals surface area contributed by atoms with Gasteiger partial charge in [0.05, 0.1) is 24.0 Å². The summed E-state index contributed by atoms with van der Waals surface area (Å²) >= 11 is 0. The molecule has 0 aliphatic carbocycles. The standard InChI is InChI=1S/C33H37N5O6/c1-9-42-27(39)16-13-22-11-10-12-23(17-22)28-34-19-21(2)29(36-28)37(30(40)43-32(3,4)5)25-14-15-26-24(18-25)20-35-38(26)31(41)44-33(6,7)8/h10-20H,9H2,1-8H3/b16-13+. The first-order valence-corrected chi connectivity index (χ1v) is 14.2. The number of carbonyl (C=O) groups excluding carboxylic acids is 3. The number of anilines is 2. The Morgan fingerprint density at radius 3 is 2.36 bits per heavy atom. The summed E-state index contributed by atoms with van der Waals surface area (Å²) in [6.07, 6.45) is 4.92. The normalized spacial score (nSPS) is 11.9. The monoisotopic (exact) mass is 599 g/mol. The van der Waals surface area contributed by atoms with E-state index in [4.69, 9.17) is 19.2 Å². The van der Waals surface area contributed by atoms with Gasteiger partial charge >= 0.3 is 18.2 Å². The van der Waals surface area contributed by atoms with Crippen molar-refractivity contribution < 1.29 is 28.6 Å². The summed E-state index contributed by atoms with van der Waals surface area (Å²) in [5.74, 6) is 0.244. The minimum atomic E-state index is -0.787. The second-order valence-electron chi connectivity index (χ2n) is 12.0. The van der Waals surface area contributed by atoms with Crippen molar-refractivity contribution >= 4 is 46.6 Å². The van der Waals surface area contributed by atoms with Crippen LogP contribution in [0.1, 0.15) is 59.6 Å². The molecule has 2 aromatic carbocycles. The van der Waals surface area contributed by atoms with E-state index < -0.39 is 29.4 Å². The molecule has 4 rings (SSSR count). The fourth-order valence-corrected chi connectivity index (χ4v) is 4.17. The lowest BCUT2D eigenvalue weighted by atomic mass is 10.1. The van der Waals surface area contributed by atoms with Gasteiger partial charge in [-0.1, -0.05) is 18.2 Å². The van der Waals surface area contributed by atoms with Gasteiger partial charge in [0.25, 0.3) is 0 Å². The number of nitrogens with zero attached hydrogens (tertiary/aromatic N) is 5. The molecule has 0 N–H and O–H groups in total. The molecule has 0 saturated carbocycles. The largest absolute Gasteiger partial charge is 0.463 e. The molecule has 230 valence electrons. The Morgan fingerprint density at radius 2 is 1.68 bits per heavy atom. The topological polar surface area (TPSA) is 126 Å². The summed E-state index contributed by atoms with van der Waals surface area (Å²) in [4.78, 5) is 48.9. The van der Waals surface area contributed by atoms with Crippen molar-refractivity contribution in [3.05, 3.63) is 72.1 Å². The number of esters is 1. The number of aromatic nitrogens is 4. The summed E-state index contributed by atoms with van der Waals surface area (Å²) < 4.78 is 17.4. The summed E-state index contributed by atoms with van der Waals surface area (Å²) in [5, 5.41) is 4.83. The third-order valence-electron chi connectivity index (χ3n) is 5.95. The molecule has 0 fully saturated rings.